The van der Waals surface area contributed by atoms with Gasteiger partial charge in [-0.05, 0) is 19.1 Å². The summed E-state index contributed by atoms with van der Waals surface area (Å²) in [6, 6.07) is 3.64. The topological polar surface area (TPSA) is 66.9 Å². The Morgan fingerprint density at radius 1 is 1.50 bits per heavy atom. The molecule has 1 atom stereocenters. The summed E-state index contributed by atoms with van der Waals surface area (Å²) in [5, 5.41) is 3.51. The van der Waals surface area contributed by atoms with Crippen LogP contribution in [0.2, 0.25) is 0 Å². The third-order valence-electron chi connectivity index (χ3n) is 4.48. The number of amides is 2. The number of fused-ring (bicyclic) bond motifs is 3. The molecule has 1 aromatic carbocycles. The lowest BCUT2D eigenvalue weighted by atomic mass is 10.2. The normalized spacial score (nSPS) is 19.0. The molecule has 1 fully saturated rings. The lowest BCUT2D eigenvalue weighted by Gasteiger charge is -2.31. The molecule has 2 aliphatic heterocycles. The van der Waals surface area contributed by atoms with Crippen molar-refractivity contribution in [2.24, 2.45) is 0 Å². The van der Waals surface area contributed by atoms with E-state index in [1.54, 1.807) is 18.9 Å². The van der Waals surface area contributed by atoms with Gasteiger partial charge in [0.15, 0.2) is 5.13 Å². The van der Waals surface area contributed by atoms with Gasteiger partial charge in [0.1, 0.15) is 29.6 Å². The van der Waals surface area contributed by atoms with Crippen LogP contribution in [0.15, 0.2) is 12.1 Å². The summed E-state index contributed by atoms with van der Waals surface area (Å²) < 4.78 is 12.1. The van der Waals surface area contributed by atoms with Gasteiger partial charge in [0.25, 0.3) is 0 Å². The van der Waals surface area contributed by atoms with Gasteiger partial charge < -0.3 is 19.7 Å². The van der Waals surface area contributed by atoms with E-state index in [0.29, 0.717) is 24.9 Å². The highest BCUT2D eigenvalue weighted by atomic mass is 32.1. The number of nitrogens with zero attached hydrogens (tertiary/aromatic N) is 3. The SMILES string of the molecule is CC#CC1CNC(=O)N1c1nc2c3c(ccc2s1)OCCN3CCOC. The number of urea groups is 1. The summed E-state index contributed by atoms with van der Waals surface area (Å²) >= 11 is 1.50. The van der Waals surface area contributed by atoms with Gasteiger partial charge in [-0.25, -0.2) is 9.78 Å². The van der Waals surface area contributed by atoms with Crippen molar-refractivity contribution in [1.82, 2.24) is 10.3 Å². The number of ether oxygens (including phenoxy) is 2. The predicted octanol–water partition coefficient (Wildman–Crippen LogP) is 2.06. The van der Waals surface area contributed by atoms with Gasteiger partial charge in [-0.3, -0.25) is 4.90 Å². The summed E-state index contributed by atoms with van der Waals surface area (Å²) in [6.07, 6.45) is 0. The quantitative estimate of drug-likeness (QED) is 0.833. The van der Waals surface area contributed by atoms with Crippen LogP contribution in [0.1, 0.15) is 6.92 Å². The molecule has 1 unspecified atom stereocenters. The second-order valence-electron chi connectivity index (χ2n) is 6.05. The number of methoxy groups -OCH3 is 1. The highest BCUT2D eigenvalue weighted by Gasteiger charge is 2.34. The largest absolute Gasteiger partial charge is 0.489 e. The van der Waals surface area contributed by atoms with E-state index in [0.717, 1.165) is 34.7 Å². The summed E-state index contributed by atoms with van der Waals surface area (Å²) in [5.74, 6) is 6.80. The Bertz CT molecular complexity index is 901. The first-order valence-electron chi connectivity index (χ1n) is 8.52. The van der Waals surface area contributed by atoms with Crippen molar-refractivity contribution in [2.45, 2.75) is 13.0 Å². The Balaban J connectivity index is 1.78. The fraction of sp³-hybridized carbons (Fsp3) is 0.444. The van der Waals surface area contributed by atoms with Crippen molar-refractivity contribution in [3.05, 3.63) is 12.1 Å². The van der Waals surface area contributed by atoms with Crippen molar-refractivity contribution >= 4 is 38.4 Å². The number of rotatable bonds is 4. The molecule has 0 radical (unpaired) electrons. The number of nitrogens with one attached hydrogen (secondary N) is 1. The van der Waals surface area contributed by atoms with E-state index in [2.05, 4.69) is 22.1 Å². The van der Waals surface area contributed by atoms with Crippen molar-refractivity contribution in [3.8, 4) is 17.6 Å². The van der Waals surface area contributed by atoms with Gasteiger partial charge >= 0.3 is 6.03 Å². The van der Waals surface area contributed by atoms with Crippen LogP contribution in [0, 0.1) is 11.8 Å². The highest BCUT2D eigenvalue weighted by Crippen LogP contribution is 2.42. The smallest absolute Gasteiger partial charge is 0.324 e. The van der Waals surface area contributed by atoms with Crippen molar-refractivity contribution in [1.29, 1.82) is 0 Å². The van der Waals surface area contributed by atoms with E-state index >= 15 is 0 Å². The third kappa shape index (κ3) is 2.83. The molecule has 26 heavy (non-hydrogen) atoms. The molecule has 0 aliphatic carbocycles. The minimum absolute atomic E-state index is 0.154. The molecule has 0 saturated carbocycles. The highest BCUT2D eigenvalue weighted by molar-refractivity contribution is 7.22. The van der Waals surface area contributed by atoms with E-state index in [9.17, 15) is 4.79 Å². The number of carbonyl (C=O) groups is 1. The first-order chi connectivity index (χ1) is 12.7. The average Bonchev–Trinajstić information content (AvgIpc) is 3.23. The zero-order chi connectivity index (χ0) is 18.1. The Morgan fingerprint density at radius 3 is 3.19 bits per heavy atom. The fourth-order valence-electron chi connectivity index (χ4n) is 3.28. The maximum atomic E-state index is 12.3. The van der Waals surface area contributed by atoms with E-state index in [4.69, 9.17) is 14.5 Å². The van der Waals surface area contributed by atoms with Crippen LogP contribution in [0.4, 0.5) is 15.6 Å². The van der Waals surface area contributed by atoms with Crippen LogP contribution >= 0.6 is 11.3 Å². The molecule has 1 aromatic heterocycles. The number of aromatic nitrogens is 1. The summed E-state index contributed by atoms with van der Waals surface area (Å²) in [5.41, 5.74) is 1.84. The minimum atomic E-state index is -0.190. The molecule has 1 N–H and O–H groups in total. The molecular formula is C18H20N4O3S. The zero-order valence-corrected chi connectivity index (χ0v) is 15.6. The monoisotopic (exact) mass is 372 g/mol. The number of hydrogen-bond acceptors (Lipinski definition) is 6. The van der Waals surface area contributed by atoms with Gasteiger partial charge in [0.2, 0.25) is 0 Å². The van der Waals surface area contributed by atoms with E-state index in [1.807, 2.05) is 12.1 Å². The number of benzene rings is 1. The van der Waals surface area contributed by atoms with Crippen LogP contribution < -0.4 is 19.9 Å². The number of thiazole rings is 1. The van der Waals surface area contributed by atoms with Crippen LogP contribution in [0.5, 0.6) is 5.75 Å². The van der Waals surface area contributed by atoms with Gasteiger partial charge in [-0.1, -0.05) is 17.3 Å². The molecule has 2 aromatic rings. The molecule has 0 spiro atoms. The van der Waals surface area contributed by atoms with Crippen molar-refractivity contribution in [2.75, 3.05) is 49.8 Å². The first-order valence-corrected chi connectivity index (χ1v) is 9.34. The third-order valence-corrected chi connectivity index (χ3v) is 5.50. The maximum absolute atomic E-state index is 12.3. The summed E-state index contributed by atoms with van der Waals surface area (Å²) in [7, 11) is 1.70. The van der Waals surface area contributed by atoms with Crippen molar-refractivity contribution < 1.29 is 14.3 Å². The lowest BCUT2D eigenvalue weighted by Crippen LogP contribution is -2.35. The average molecular weight is 372 g/mol. The molecule has 0 bridgehead atoms. The van der Waals surface area contributed by atoms with Crippen molar-refractivity contribution in [3.63, 3.8) is 0 Å². The molecule has 4 rings (SSSR count). The van der Waals surface area contributed by atoms with E-state index in [1.165, 1.54) is 11.3 Å². The molecule has 7 nitrogen and oxygen atoms in total. The van der Waals surface area contributed by atoms with Gasteiger partial charge in [0.05, 0.1) is 24.4 Å². The maximum Gasteiger partial charge on any atom is 0.324 e. The molecule has 3 heterocycles. The van der Waals surface area contributed by atoms with Gasteiger partial charge in [-0.2, -0.15) is 0 Å². The van der Waals surface area contributed by atoms with Crippen LogP contribution in [0.25, 0.3) is 10.2 Å². The lowest BCUT2D eigenvalue weighted by molar-refractivity contribution is 0.201. The fourth-order valence-corrected chi connectivity index (χ4v) is 4.30. The standard InChI is InChI=1S/C18H20N4O3S/c1-3-4-12-11-19-17(23)22(12)18-20-15-14(26-18)6-5-13-16(15)21(7-9-24-2)8-10-25-13/h5-6,12H,7-11H2,1-2H3,(H,19,23). The van der Waals surface area contributed by atoms with Gasteiger partial charge in [0, 0.05) is 13.7 Å². The van der Waals surface area contributed by atoms with Crippen LogP contribution in [0.3, 0.4) is 0 Å². The Hall–Kier alpha value is -2.50. The molecule has 1 saturated heterocycles. The molecule has 2 aliphatic rings. The number of carbonyl (C=O) groups excluding carboxylic acids is 1. The summed E-state index contributed by atoms with van der Waals surface area (Å²) in [6.45, 7) is 5.12. The Labute approximate surface area is 155 Å². The summed E-state index contributed by atoms with van der Waals surface area (Å²) in [4.78, 5) is 21.0. The predicted molar refractivity (Wildman–Crippen MR) is 102 cm³/mol. The molecular weight excluding hydrogens is 352 g/mol. The Morgan fingerprint density at radius 2 is 2.38 bits per heavy atom. The van der Waals surface area contributed by atoms with Crippen LogP contribution in [-0.2, 0) is 4.74 Å². The second kappa shape index (κ2) is 7.02. The molecule has 136 valence electrons. The van der Waals surface area contributed by atoms with E-state index in [-0.39, 0.29) is 12.1 Å². The second-order valence-corrected chi connectivity index (χ2v) is 7.06. The first kappa shape index (κ1) is 16.9. The molecule has 2 amide bonds. The van der Waals surface area contributed by atoms with Crippen LogP contribution in [-0.4, -0.2) is 57.0 Å². The number of anilines is 2. The molecule has 8 heteroatoms. The minimum Gasteiger partial charge on any atom is -0.489 e. The number of hydrogen-bond donors (Lipinski definition) is 1. The van der Waals surface area contributed by atoms with Gasteiger partial charge in [-0.15, -0.1) is 5.92 Å². The Kier molecular flexibility index (Phi) is 4.57. The zero-order valence-electron chi connectivity index (χ0n) is 14.7. The van der Waals surface area contributed by atoms with E-state index < -0.39 is 0 Å².